The second-order valence-electron chi connectivity index (χ2n) is 8.54. The maximum absolute atomic E-state index is 12.2. The average Bonchev–Trinajstić information content (AvgIpc) is 2.70. The molecule has 0 heterocycles. The van der Waals surface area contributed by atoms with Crippen molar-refractivity contribution in [3.05, 3.63) is 12.2 Å². The van der Waals surface area contributed by atoms with E-state index < -0.39 is 11.9 Å². The molecule has 170 valence electrons. The van der Waals surface area contributed by atoms with Crippen molar-refractivity contribution >= 4 is 11.8 Å². The first-order valence-electron chi connectivity index (χ1n) is 12.5. The molecule has 3 nitrogen and oxygen atoms in total. The number of hydrogen-bond donors (Lipinski definition) is 1. The van der Waals surface area contributed by atoms with E-state index in [1.54, 1.807) is 0 Å². The lowest BCUT2D eigenvalue weighted by atomic mass is 9.93. The predicted octanol–water partition coefficient (Wildman–Crippen LogP) is 8.26. The molecule has 0 aromatic heterocycles. The van der Waals surface area contributed by atoms with Gasteiger partial charge in [0, 0.05) is 6.42 Å². The summed E-state index contributed by atoms with van der Waals surface area (Å²) in [5.74, 6) is -1.77. The van der Waals surface area contributed by atoms with Crippen molar-refractivity contribution in [1.82, 2.24) is 0 Å². The topological polar surface area (TPSA) is 54.4 Å². The zero-order valence-electron chi connectivity index (χ0n) is 19.4. The van der Waals surface area contributed by atoms with Crippen LogP contribution in [0.15, 0.2) is 12.2 Å². The molecule has 0 aliphatic heterocycles. The second kappa shape index (κ2) is 21.6. The zero-order valence-corrected chi connectivity index (χ0v) is 19.4. The highest BCUT2D eigenvalue weighted by molar-refractivity contribution is 5.98. The molecular formula is C26H48O3. The summed E-state index contributed by atoms with van der Waals surface area (Å²) < 4.78 is 0. The van der Waals surface area contributed by atoms with Gasteiger partial charge in [-0.2, -0.15) is 0 Å². The fraction of sp³-hybridized carbons (Fsp3) is 0.846. The summed E-state index contributed by atoms with van der Waals surface area (Å²) in [5.41, 5.74) is 0. The number of carboxylic acids is 1. The average molecular weight is 409 g/mol. The van der Waals surface area contributed by atoms with Gasteiger partial charge in [-0.25, -0.2) is 0 Å². The molecule has 0 bridgehead atoms. The highest BCUT2D eigenvalue weighted by Crippen LogP contribution is 2.17. The first-order valence-corrected chi connectivity index (χ1v) is 12.5. The first kappa shape index (κ1) is 27.9. The van der Waals surface area contributed by atoms with Crippen LogP contribution in [0.5, 0.6) is 0 Å². The van der Waals surface area contributed by atoms with Crippen LogP contribution in [0.25, 0.3) is 0 Å². The molecule has 29 heavy (non-hydrogen) atoms. The molecule has 3 heteroatoms. The van der Waals surface area contributed by atoms with Crippen LogP contribution >= 0.6 is 0 Å². The van der Waals surface area contributed by atoms with E-state index >= 15 is 0 Å². The number of unbranched alkanes of at least 4 members (excludes halogenated alkanes) is 14. The molecule has 0 aromatic rings. The Morgan fingerprint density at radius 2 is 1.10 bits per heavy atom. The number of Topliss-reactive ketones (excluding diaryl/α,β-unsaturated/α-hetero) is 1. The lowest BCUT2D eigenvalue weighted by Crippen LogP contribution is -2.23. The largest absolute Gasteiger partial charge is 0.481 e. The Morgan fingerprint density at radius 1 is 0.655 bits per heavy atom. The first-order chi connectivity index (χ1) is 14.1. The third-order valence-electron chi connectivity index (χ3n) is 5.72. The van der Waals surface area contributed by atoms with Gasteiger partial charge in [-0.3, -0.25) is 9.59 Å². The SMILES string of the molecule is CCCCCCCC/C=C\CCCCCCCC(=O)C(CCCCCC)C(=O)O. The van der Waals surface area contributed by atoms with Crippen LogP contribution < -0.4 is 0 Å². The quantitative estimate of drug-likeness (QED) is 0.111. The van der Waals surface area contributed by atoms with Gasteiger partial charge in [-0.05, 0) is 38.5 Å². The van der Waals surface area contributed by atoms with Crippen molar-refractivity contribution in [2.75, 3.05) is 0 Å². The fourth-order valence-corrected chi connectivity index (χ4v) is 3.74. The van der Waals surface area contributed by atoms with Crippen molar-refractivity contribution in [2.24, 2.45) is 5.92 Å². The molecule has 0 fully saturated rings. The minimum atomic E-state index is -0.931. The predicted molar refractivity (Wildman–Crippen MR) is 124 cm³/mol. The lowest BCUT2D eigenvalue weighted by molar-refractivity contribution is -0.146. The van der Waals surface area contributed by atoms with Gasteiger partial charge in [-0.15, -0.1) is 0 Å². The smallest absolute Gasteiger partial charge is 0.314 e. The summed E-state index contributed by atoms with van der Waals surface area (Å²) in [6.45, 7) is 4.39. The van der Waals surface area contributed by atoms with E-state index in [4.69, 9.17) is 0 Å². The number of carbonyl (C=O) groups is 2. The third-order valence-corrected chi connectivity index (χ3v) is 5.72. The minimum Gasteiger partial charge on any atom is -0.481 e. The van der Waals surface area contributed by atoms with Crippen molar-refractivity contribution in [3.8, 4) is 0 Å². The summed E-state index contributed by atoms with van der Waals surface area (Å²) in [6.07, 6.45) is 25.7. The van der Waals surface area contributed by atoms with Crippen LogP contribution in [-0.2, 0) is 9.59 Å². The Bertz CT molecular complexity index is 414. The summed E-state index contributed by atoms with van der Waals surface area (Å²) in [5, 5.41) is 9.30. The monoisotopic (exact) mass is 408 g/mol. The number of ketones is 1. The van der Waals surface area contributed by atoms with Crippen LogP contribution in [0.4, 0.5) is 0 Å². The minimum absolute atomic E-state index is 0.0633. The second-order valence-corrected chi connectivity index (χ2v) is 8.54. The number of carbonyl (C=O) groups excluding carboxylic acids is 1. The van der Waals surface area contributed by atoms with Crippen LogP contribution in [0.1, 0.15) is 136 Å². The van der Waals surface area contributed by atoms with E-state index in [1.807, 2.05) is 0 Å². The van der Waals surface area contributed by atoms with E-state index in [0.717, 1.165) is 51.4 Å². The third kappa shape index (κ3) is 18.6. The lowest BCUT2D eigenvalue weighted by Gasteiger charge is -2.11. The molecule has 0 spiro atoms. The van der Waals surface area contributed by atoms with Crippen molar-refractivity contribution < 1.29 is 14.7 Å². The van der Waals surface area contributed by atoms with Crippen LogP contribution in [0, 0.1) is 5.92 Å². The summed E-state index contributed by atoms with van der Waals surface area (Å²) in [4.78, 5) is 23.5. The normalized spacial score (nSPS) is 12.5. The highest BCUT2D eigenvalue weighted by Gasteiger charge is 2.24. The summed E-state index contributed by atoms with van der Waals surface area (Å²) in [6, 6.07) is 0. The van der Waals surface area contributed by atoms with Gasteiger partial charge in [-0.1, -0.05) is 103 Å². The zero-order chi connectivity index (χ0) is 21.6. The maximum Gasteiger partial charge on any atom is 0.314 e. The molecule has 1 unspecified atom stereocenters. The molecule has 0 amide bonds. The van der Waals surface area contributed by atoms with E-state index in [0.29, 0.717) is 12.8 Å². The highest BCUT2D eigenvalue weighted by atomic mass is 16.4. The summed E-state index contributed by atoms with van der Waals surface area (Å²) >= 11 is 0. The number of hydrogen-bond acceptors (Lipinski definition) is 2. The molecule has 0 saturated carbocycles. The van der Waals surface area contributed by atoms with E-state index in [-0.39, 0.29) is 5.78 Å². The van der Waals surface area contributed by atoms with Crippen LogP contribution in [-0.4, -0.2) is 16.9 Å². The van der Waals surface area contributed by atoms with Gasteiger partial charge in [0.05, 0.1) is 0 Å². The van der Waals surface area contributed by atoms with Crippen LogP contribution in [0.2, 0.25) is 0 Å². The molecule has 1 N–H and O–H groups in total. The Morgan fingerprint density at radius 3 is 1.62 bits per heavy atom. The fourth-order valence-electron chi connectivity index (χ4n) is 3.74. The van der Waals surface area contributed by atoms with Gasteiger partial charge in [0.1, 0.15) is 11.7 Å². The van der Waals surface area contributed by atoms with Crippen molar-refractivity contribution in [3.63, 3.8) is 0 Å². The van der Waals surface area contributed by atoms with Gasteiger partial charge < -0.3 is 5.11 Å². The molecule has 0 saturated heterocycles. The number of carboxylic acid groups (broad SMARTS) is 1. The summed E-state index contributed by atoms with van der Waals surface area (Å²) in [7, 11) is 0. The van der Waals surface area contributed by atoms with Gasteiger partial charge >= 0.3 is 5.97 Å². The van der Waals surface area contributed by atoms with Crippen molar-refractivity contribution in [2.45, 2.75) is 136 Å². The van der Waals surface area contributed by atoms with E-state index in [9.17, 15) is 14.7 Å². The van der Waals surface area contributed by atoms with Gasteiger partial charge in [0.25, 0.3) is 0 Å². The molecule has 0 aromatic carbocycles. The van der Waals surface area contributed by atoms with E-state index in [2.05, 4.69) is 26.0 Å². The number of rotatable bonds is 22. The van der Waals surface area contributed by atoms with E-state index in [1.165, 1.54) is 57.8 Å². The molecule has 0 aliphatic carbocycles. The molecule has 1 atom stereocenters. The number of allylic oxidation sites excluding steroid dienone is 2. The van der Waals surface area contributed by atoms with Gasteiger partial charge in [0.15, 0.2) is 0 Å². The van der Waals surface area contributed by atoms with Gasteiger partial charge in [0.2, 0.25) is 0 Å². The Hall–Kier alpha value is -1.12. The standard InChI is InChI=1S/C26H48O3/c1-3-5-7-9-10-11-12-13-14-15-16-17-18-19-21-23-25(27)24(26(28)29)22-20-8-6-4-2/h13-14,24H,3-12,15-23H2,1-2H3,(H,28,29)/b14-13-. The van der Waals surface area contributed by atoms with Crippen molar-refractivity contribution in [1.29, 1.82) is 0 Å². The Labute approximate surface area is 180 Å². The maximum atomic E-state index is 12.2. The molecule has 0 rings (SSSR count). The number of aliphatic carboxylic acids is 1. The Balaban J connectivity index is 3.56. The Kier molecular flexibility index (Phi) is 20.8. The molecule has 0 radical (unpaired) electrons. The molecular weight excluding hydrogens is 360 g/mol. The van der Waals surface area contributed by atoms with Crippen LogP contribution in [0.3, 0.4) is 0 Å². The molecule has 0 aliphatic rings.